The van der Waals surface area contributed by atoms with Crippen molar-refractivity contribution < 1.29 is 13.2 Å². The van der Waals surface area contributed by atoms with E-state index in [1.807, 2.05) is 19.0 Å². The van der Waals surface area contributed by atoms with Crippen molar-refractivity contribution in [2.24, 2.45) is 0 Å². The zero-order valence-electron chi connectivity index (χ0n) is 12.9. The Morgan fingerprint density at radius 2 is 2.10 bits per heavy atom. The van der Waals surface area contributed by atoms with Crippen LogP contribution in [0.15, 0.2) is 12.4 Å². The van der Waals surface area contributed by atoms with Gasteiger partial charge >= 0.3 is 0 Å². The molecular weight excluding hydrogens is 292 g/mol. The predicted octanol–water partition coefficient (Wildman–Crippen LogP) is 0.734. The van der Waals surface area contributed by atoms with Crippen LogP contribution in [0.1, 0.15) is 20.3 Å². The van der Waals surface area contributed by atoms with E-state index in [1.165, 1.54) is 4.31 Å². The number of anilines is 1. The van der Waals surface area contributed by atoms with Crippen LogP contribution in [0.3, 0.4) is 0 Å². The highest BCUT2D eigenvalue weighted by Crippen LogP contribution is 2.21. The van der Waals surface area contributed by atoms with Crippen LogP contribution in [-0.4, -0.2) is 61.2 Å². The molecule has 1 atom stereocenters. The summed E-state index contributed by atoms with van der Waals surface area (Å²) in [4.78, 5) is 10.3. The van der Waals surface area contributed by atoms with Gasteiger partial charge in [0.15, 0.2) is 5.82 Å². The minimum absolute atomic E-state index is 0.176. The summed E-state index contributed by atoms with van der Waals surface area (Å²) in [5.74, 6) is 1.13. The largest absolute Gasteiger partial charge is 0.472 e. The smallest absolute Gasteiger partial charge is 0.234 e. The van der Waals surface area contributed by atoms with Gasteiger partial charge in [-0.1, -0.05) is 0 Å². The summed E-state index contributed by atoms with van der Waals surface area (Å²) in [7, 11) is 0.536. The second-order valence-electron chi connectivity index (χ2n) is 5.59. The highest BCUT2D eigenvalue weighted by molar-refractivity contribution is 7.89. The summed E-state index contributed by atoms with van der Waals surface area (Å²) in [5, 5.41) is -0.409. The van der Waals surface area contributed by atoms with Gasteiger partial charge in [-0.2, -0.15) is 9.29 Å². The van der Waals surface area contributed by atoms with E-state index in [-0.39, 0.29) is 6.10 Å². The number of hydrogen-bond acceptors (Lipinski definition) is 6. The van der Waals surface area contributed by atoms with Gasteiger partial charge in [-0.25, -0.2) is 8.42 Å². The fourth-order valence-electron chi connectivity index (χ4n) is 2.10. The molecule has 21 heavy (non-hydrogen) atoms. The van der Waals surface area contributed by atoms with Gasteiger partial charge in [0.2, 0.25) is 15.9 Å². The molecule has 2 rings (SSSR count). The SMILES string of the molecule is CC(C)S(=O)(=O)N1CCC(Oc2cncc(N(C)C)n2)C1. The van der Waals surface area contributed by atoms with Crippen LogP contribution in [0, 0.1) is 0 Å². The second kappa shape index (κ2) is 6.15. The van der Waals surface area contributed by atoms with E-state index >= 15 is 0 Å². The van der Waals surface area contributed by atoms with E-state index in [4.69, 9.17) is 4.74 Å². The molecule has 0 N–H and O–H groups in total. The first-order valence-corrected chi connectivity index (χ1v) is 8.46. The van der Waals surface area contributed by atoms with Crippen LogP contribution in [0.25, 0.3) is 0 Å². The molecule has 118 valence electrons. The van der Waals surface area contributed by atoms with E-state index in [2.05, 4.69) is 9.97 Å². The first-order chi connectivity index (χ1) is 9.80. The average molecular weight is 314 g/mol. The molecule has 0 saturated carbocycles. The van der Waals surface area contributed by atoms with Crippen molar-refractivity contribution in [1.82, 2.24) is 14.3 Å². The number of nitrogens with zero attached hydrogens (tertiary/aromatic N) is 4. The predicted molar refractivity (Wildman–Crippen MR) is 81.0 cm³/mol. The number of hydrogen-bond donors (Lipinski definition) is 0. The first-order valence-electron chi connectivity index (χ1n) is 6.95. The minimum atomic E-state index is -3.21. The van der Waals surface area contributed by atoms with Gasteiger partial charge in [-0.15, -0.1) is 0 Å². The molecule has 0 amide bonds. The Kier molecular flexibility index (Phi) is 4.67. The standard InChI is InChI=1S/C13H22N4O3S/c1-10(2)21(18,19)17-6-5-11(9-17)20-13-8-14-7-12(15-13)16(3)4/h7-8,10-11H,5-6,9H2,1-4H3. The Labute approximate surface area is 126 Å². The van der Waals surface area contributed by atoms with Crippen LogP contribution >= 0.6 is 0 Å². The monoisotopic (exact) mass is 314 g/mol. The van der Waals surface area contributed by atoms with Crippen molar-refractivity contribution in [3.05, 3.63) is 12.4 Å². The maximum atomic E-state index is 12.1. The van der Waals surface area contributed by atoms with Crippen molar-refractivity contribution >= 4 is 15.8 Å². The Bertz CT molecular complexity index is 589. The molecule has 2 heterocycles. The van der Waals surface area contributed by atoms with Crippen LogP contribution in [0.4, 0.5) is 5.82 Å². The molecule has 8 heteroatoms. The maximum absolute atomic E-state index is 12.1. The summed E-state index contributed by atoms with van der Waals surface area (Å²) >= 11 is 0. The zero-order valence-corrected chi connectivity index (χ0v) is 13.7. The zero-order chi connectivity index (χ0) is 15.6. The van der Waals surface area contributed by atoms with E-state index in [1.54, 1.807) is 26.2 Å². The third-order valence-electron chi connectivity index (χ3n) is 3.41. The molecule has 1 saturated heterocycles. The molecule has 1 aromatic rings. The fourth-order valence-corrected chi connectivity index (χ4v) is 3.43. The first kappa shape index (κ1) is 16.0. The van der Waals surface area contributed by atoms with Gasteiger partial charge in [0.1, 0.15) is 6.10 Å². The molecule has 0 bridgehead atoms. The lowest BCUT2D eigenvalue weighted by Gasteiger charge is -2.19. The highest BCUT2D eigenvalue weighted by Gasteiger charge is 2.34. The number of ether oxygens (including phenoxy) is 1. The normalized spacial score (nSPS) is 20.0. The Hall–Kier alpha value is -1.41. The third-order valence-corrected chi connectivity index (χ3v) is 5.65. The molecule has 1 fully saturated rings. The lowest BCUT2D eigenvalue weighted by Crippen LogP contribution is -2.35. The highest BCUT2D eigenvalue weighted by atomic mass is 32.2. The van der Waals surface area contributed by atoms with Crippen molar-refractivity contribution in [2.75, 3.05) is 32.1 Å². The van der Waals surface area contributed by atoms with Gasteiger partial charge in [-0.3, -0.25) is 4.98 Å². The fraction of sp³-hybridized carbons (Fsp3) is 0.692. The van der Waals surface area contributed by atoms with Gasteiger partial charge in [-0.05, 0) is 20.3 Å². The van der Waals surface area contributed by atoms with Crippen LogP contribution in [0.2, 0.25) is 0 Å². The molecule has 1 unspecified atom stereocenters. The van der Waals surface area contributed by atoms with E-state index in [0.29, 0.717) is 31.2 Å². The summed E-state index contributed by atoms with van der Waals surface area (Å²) in [6.07, 6.45) is 3.69. The quantitative estimate of drug-likeness (QED) is 0.798. The Morgan fingerprint density at radius 1 is 1.38 bits per heavy atom. The third kappa shape index (κ3) is 3.62. The molecule has 0 spiro atoms. The second-order valence-corrected chi connectivity index (χ2v) is 8.08. The molecule has 0 radical (unpaired) electrons. The average Bonchev–Trinajstić information content (AvgIpc) is 2.88. The summed E-state index contributed by atoms with van der Waals surface area (Å²) in [6, 6.07) is 0. The Morgan fingerprint density at radius 3 is 2.71 bits per heavy atom. The summed E-state index contributed by atoms with van der Waals surface area (Å²) in [5.41, 5.74) is 0. The van der Waals surface area contributed by atoms with Crippen LogP contribution < -0.4 is 9.64 Å². The molecule has 7 nitrogen and oxygen atoms in total. The van der Waals surface area contributed by atoms with Crippen LogP contribution in [-0.2, 0) is 10.0 Å². The number of aromatic nitrogens is 2. The molecular formula is C13H22N4O3S. The van der Waals surface area contributed by atoms with E-state index < -0.39 is 15.3 Å². The van der Waals surface area contributed by atoms with E-state index in [0.717, 1.165) is 0 Å². The van der Waals surface area contributed by atoms with Gasteiger partial charge in [0, 0.05) is 20.6 Å². The summed E-state index contributed by atoms with van der Waals surface area (Å²) in [6.45, 7) is 4.24. The van der Waals surface area contributed by atoms with Crippen molar-refractivity contribution in [2.45, 2.75) is 31.6 Å². The van der Waals surface area contributed by atoms with Gasteiger partial charge in [0.05, 0.1) is 24.2 Å². The van der Waals surface area contributed by atoms with Crippen molar-refractivity contribution in [3.8, 4) is 5.88 Å². The van der Waals surface area contributed by atoms with Crippen LogP contribution in [0.5, 0.6) is 5.88 Å². The lowest BCUT2D eigenvalue weighted by molar-refractivity contribution is 0.206. The lowest BCUT2D eigenvalue weighted by atomic mass is 10.3. The Balaban J connectivity index is 2.02. The molecule has 0 aromatic carbocycles. The number of rotatable bonds is 5. The topological polar surface area (TPSA) is 75.6 Å². The van der Waals surface area contributed by atoms with Gasteiger partial charge < -0.3 is 9.64 Å². The maximum Gasteiger partial charge on any atom is 0.234 e. The van der Waals surface area contributed by atoms with Crippen molar-refractivity contribution in [3.63, 3.8) is 0 Å². The van der Waals surface area contributed by atoms with E-state index in [9.17, 15) is 8.42 Å². The minimum Gasteiger partial charge on any atom is -0.472 e. The summed E-state index contributed by atoms with van der Waals surface area (Å²) < 4.78 is 31.5. The molecule has 1 aliphatic rings. The number of sulfonamides is 1. The van der Waals surface area contributed by atoms with Crippen molar-refractivity contribution in [1.29, 1.82) is 0 Å². The molecule has 0 aliphatic carbocycles. The molecule has 1 aromatic heterocycles. The van der Waals surface area contributed by atoms with Gasteiger partial charge in [0.25, 0.3) is 0 Å². The molecule has 1 aliphatic heterocycles.